The second-order valence-electron chi connectivity index (χ2n) is 10.7. The molecule has 1 saturated heterocycles. The number of piperidine rings is 1. The van der Waals surface area contributed by atoms with Crippen molar-refractivity contribution in [3.8, 4) is 28.7 Å². The van der Waals surface area contributed by atoms with Gasteiger partial charge in [-0.15, -0.1) is 0 Å². The van der Waals surface area contributed by atoms with Crippen molar-refractivity contribution >= 4 is 17.5 Å². The van der Waals surface area contributed by atoms with E-state index in [0.29, 0.717) is 47.4 Å². The standard InChI is InChI=1S/C28H27ClFN7O2/c1-28(2,31)16-10-21(15-5-6-20(30)19(29)9-15)34-24(11-16)39-25-17-13-37(14-18(17)25)27(38)23-12-22(35-36(23)3)26-32-7-4-8-33-26/h4-12,17-18,25H,13-14,31H2,1-3H3. The molecule has 2 fully saturated rings. The summed E-state index contributed by atoms with van der Waals surface area (Å²) in [7, 11) is 1.74. The van der Waals surface area contributed by atoms with E-state index in [9.17, 15) is 9.18 Å². The summed E-state index contributed by atoms with van der Waals surface area (Å²) < 4.78 is 21.6. The van der Waals surface area contributed by atoms with Gasteiger partial charge in [-0.1, -0.05) is 11.6 Å². The fourth-order valence-corrected chi connectivity index (χ4v) is 5.24. The van der Waals surface area contributed by atoms with Gasteiger partial charge in [-0.05, 0) is 49.7 Å². The number of nitrogens with two attached hydrogens (primary N) is 1. The van der Waals surface area contributed by atoms with Gasteiger partial charge in [0, 0.05) is 67.6 Å². The van der Waals surface area contributed by atoms with Crippen molar-refractivity contribution < 1.29 is 13.9 Å². The maximum absolute atomic E-state index is 13.7. The van der Waals surface area contributed by atoms with Crippen LogP contribution in [0.5, 0.6) is 5.88 Å². The van der Waals surface area contributed by atoms with E-state index in [-0.39, 0.29) is 28.9 Å². The summed E-state index contributed by atoms with van der Waals surface area (Å²) in [5.74, 6) is 0.755. The number of carbonyl (C=O) groups is 1. The van der Waals surface area contributed by atoms with Gasteiger partial charge in [0.2, 0.25) is 5.88 Å². The molecule has 1 amide bonds. The van der Waals surface area contributed by atoms with E-state index in [1.807, 2.05) is 30.9 Å². The zero-order valence-corrected chi connectivity index (χ0v) is 22.4. The molecule has 0 radical (unpaired) electrons. The molecule has 3 aromatic heterocycles. The molecule has 6 rings (SSSR count). The number of pyridine rings is 1. The molecule has 0 spiro atoms. The molecule has 1 saturated carbocycles. The van der Waals surface area contributed by atoms with Crippen molar-refractivity contribution in [2.75, 3.05) is 13.1 Å². The Morgan fingerprint density at radius 1 is 1.10 bits per heavy atom. The van der Waals surface area contributed by atoms with E-state index < -0.39 is 11.4 Å². The van der Waals surface area contributed by atoms with Gasteiger partial charge in [0.1, 0.15) is 23.3 Å². The highest BCUT2D eigenvalue weighted by Crippen LogP contribution is 2.48. The van der Waals surface area contributed by atoms with Gasteiger partial charge < -0.3 is 15.4 Å². The Labute approximate surface area is 229 Å². The zero-order chi connectivity index (χ0) is 27.5. The number of amides is 1. The Morgan fingerprint density at radius 3 is 2.49 bits per heavy atom. The lowest BCUT2D eigenvalue weighted by Crippen LogP contribution is -2.34. The first-order valence-corrected chi connectivity index (χ1v) is 13.0. The van der Waals surface area contributed by atoms with Crippen LogP contribution < -0.4 is 10.5 Å². The van der Waals surface area contributed by atoms with Crippen molar-refractivity contribution in [3.63, 3.8) is 0 Å². The average molecular weight is 548 g/mol. The third kappa shape index (κ3) is 4.86. The van der Waals surface area contributed by atoms with E-state index in [0.717, 1.165) is 5.56 Å². The van der Waals surface area contributed by atoms with Gasteiger partial charge in [-0.3, -0.25) is 9.48 Å². The van der Waals surface area contributed by atoms with Crippen LogP contribution in [0.25, 0.3) is 22.8 Å². The molecule has 1 aliphatic heterocycles. The summed E-state index contributed by atoms with van der Waals surface area (Å²) in [5.41, 5.74) is 8.89. The first-order valence-electron chi connectivity index (χ1n) is 12.6. The highest BCUT2D eigenvalue weighted by atomic mass is 35.5. The highest BCUT2D eigenvalue weighted by molar-refractivity contribution is 6.31. The third-order valence-electron chi connectivity index (χ3n) is 7.31. The molecule has 1 aromatic carbocycles. The number of hydrogen-bond acceptors (Lipinski definition) is 7. The number of hydrogen-bond donors (Lipinski definition) is 1. The molecule has 1 aliphatic carbocycles. The number of aryl methyl sites for hydroxylation is 1. The summed E-state index contributed by atoms with van der Waals surface area (Å²) in [6.45, 7) is 4.96. The predicted octanol–water partition coefficient (Wildman–Crippen LogP) is 4.07. The minimum absolute atomic E-state index is 0.0208. The normalized spacial score (nSPS) is 20.2. The molecular weight excluding hydrogens is 521 g/mol. The molecule has 0 bridgehead atoms. The lowest BCUT2D eigenvalue weighted by molar-refractivity contribution is 0.0740. The predicted molar refractivity (Wildman–Crippen MR) is 143 cm³/mol. The van der Waals surface area contributed by atoms with Crippen LogP contribution in [0.3, 0.4) is 0 Å². The summed E-state index contributed by atoms with van der Waals surface area (Å²) in [4.78, 5) is 28.2. The molecule has 2 aliphatic rings. The largest absolute Gasteiger partial charge is 0.474 e. The SMILES string of the molecule is Cn1nc(-c2ncccn2)cc1C(=O)N1CC2C(C1)C2Oc1cc(C(C)(C)N)cc(-c2ccc(F)c(Cl)c2)n1. The fourth-order valence-electron chi connectivity index (χ4n) is 5.06. The van der Waals surface area contributed by atoms with E-state index >= 15 is 0 Å². The minimum Gasteiger partial charge on any atom is -0.474 e. The Hall–Kier alpha value is -3.89. The van der Waals surface area contributed by atoms with Crippen molar-refractivity contribution in [1.82, 2.24) is 29.6 Å². The maximum atomic E-state index is 13.7. The Balaban J connectivity index is 1.17. The number of aromatic nitrogens is 5. The number of rotatable bonds is 6. The van der Waals surface area contributed by atoms with Crippen LogP contribution in [0.1, 0.15) is 29.9 Å². The smallest absolute Gasteiger partial charge is 0.272 e. The lowest BCUT2D eigenvalue weighted by Gasteiger charge is -2.22. The number of carbonyl (C=O) groups excluding carboxylic acids is 1. The van der Waals surface area contributed by atoms with Crippen molar-refractivity contribution in [2.24, 2.45) is 24.6 Å². The van der Waals surface area contributed by atoms with Gasteiger partial charge in [-0.25, -0.2) is 19.3 Å². The first-order chi connectivity index (χ1) is 18.6. The molecule has 39 heavy (non-hydrogen) atoms. The monoisotopic (exact) mass is 547 g/mol. The van der Waals surface area contributed by atoms with Gasteiger partial charge >= 0.3 is 0 Å². The topological polar surface area (TPSA) is 112 Å². The zero-order valence-electron chi connectivity index (χ0n) is 21.7. The van der Waals surface area contributed by atoms with Crippen LogP contribution in [0.2, 0.25) is 5.02 Å². The molecule has 4 heterocycles. The second kappa shape index (κ2) is 9.39. The summed E-state index contributed by atoms with van der Waals surface area (Å²) >= 11 is 6.02. The lowest BCUT2D eigenvalue weighted by atomic mass is 9.95. The molecule has 2 unspecified atom stereocenters. The molecule has 200 valence electrons. The maximum Gasteiger partial charge on any atom is 0.272 e. The molecule has 2 N–H and O–H groups in total. The van der Waals surface area contributed by atoms with Crippen LogP contribution in [0.4, 0.5) is 4.39 Å². The number of halogens is 2. The first kappa shape index (κ1) is 25.4. The van der Waals surface area contributed by atoms with Crippen molar-refractivity contribution in [1.29, 1.82) is 0 Å². The summed E-state index contributed by atoms with van der Waals surface area (Å²) in [6, 6.07) is 11.7. The number of ether oxygens (including phenoxy) is 1. The van der Waals surface area contributed by atoms with Crippen LogP contribution in [0.15, 0.2) is 54.9 Å². The third-order valence-corrected chi connectivity index (χ3v) is 7.60. The van der Waals surface area contributed by atoms with E-state index in [1.165, 1.54) is 6.07 Å². The van der Waals surface area contributed by atoms with Gasteiger partial charge in [0.25, 0.3) is 5.91 Å². The van der Waals surface area contributed by atoms with Crippen LogP contribution in [0, 0.1) is 17.7 Å². The Kier molecular flexibility index (Phi) is 6.11. The van der Waals surface area contributed by atoms with Gasteiger partial charge in [0.05, 0.1) is 10.7 Å². The van der Waals surface area contributed by atoms with Gasteiger partial charge in [0.15, 0.2) is 5.82 Å². The number of benzene rings is 1. The van der Waals surface area contributed by atoms with E-state index in [2.05, 4.69) is 20.1 Å². The van der Waals surface area contributed by atoms with Crippen LogP contribution in [-0.2, 0) is 12.6 Å². The number of fused-ring (bicyclic) bond motifs is 1. The molecule has 11 heteroatoms. The quantitative estimate of drug-likeness (QED) is 0.387. The van der Waals surface area contributed by atoms with Crippen molar-refractivity contribution in [2.45, 2.75) is 25.5 Å². The fraction of sp³-hybridized carbons (Fsp3) is 0.321. The van der Waals surface area contributed by atoms with Crippen molar-refractivity contribution in [3.05, 3.63) is 77.0 Å². The summed E-state index contributed by atoms with van der Waals surface area (Å²) in [6.07, 6.45) is 3.23. The van der Waals surface area contributed by atoms with Gasteiger partial charge in [-0.2, -0.15) is 5.10 Å². The van der Waals surface area contributed by atoms with E-state index in [1.54, 1.807) is 48.4 Å². The minimum atomic E-state index is -0.644. The van der Waals surface area contributed by atoms with Crippen LogP contribution >= 0.6 is 11.6 Å². The molecule has 2 atom stereocenters. The average Bonchev–Trinajstić information content (AvgIpc) is 3.22. The molecular formula is C28H27ClFN7O2. The summed E-state index contributed by atoms with van der Waals surface area (Å²) in [5, 5.41) is 4.44. The van der Waals surface area contributed by atoms with Crippen LogP contribution in [-0.4, -0.2) is 54.7 Å². The Bertz CT molecular complexity index is 1560. The Morgan fingerprint density at radius 2 is 1.82 bits per heavy atom. The number of nitrogens with zero attached hydrogens (tertiary/aromatic N) is 6. The second-order valence-corrected chi connectivity index (χ2v) is 11.1. The highest BCUT2D eigenvalue weighted by Gasteiger charge is 2.59. The molecule has 4 aromatic rings. The molecule has 9 nitrogen and oxygen atoms in total. The van der Waals surface area contributed by atoms with E-state index in [4.69, 9.17) is 22.1 Å². The number of likely N-dealkylation sites (tertiary alicyclic amines) is 1.